The Bertz CT molecular complexity index is 716. The molecule has 1 saturated carbocycles. The molecule has 2 aromatic rings. The number of hydrogen-bond donors (Lipinski definition) is 1. The minimum Gasteiger partial charge on any atom is -0.310 e. The monoisotopic (exact) mass is 322 g/mol. The van der Waals surface area contributed by atoms with Crippen molar-refractivity contribution in [3.8, 4) is 11.3 Å². The van der Waals surface area contributed by atoms with Gasteiger partial charge in [-0.2, -0.15) is 0 Å². The molecule has 4 nitrogen and oxygen atoms in total. The minimum atomic E-state index is -3.14. The molecule has 0 saturated heterocycles. The summed E-state index contributed by atoms with van der Waals surface area (Å²) < 4.78 is 22.9. The molecule has 1 fully saturated rings. The van der Waals surface area contributed by atoms with Crippen LogP contribution in [-0.2, 0) is 16.4 Å². The lowest BCUT2D eigenvalue weighted by Crippen LogP contribution is -2.15. The molecule has 112 valence electrons. The molecule has 0 unspecified atom stereocenters. The third kappa shape index (κ3) is 3.90. The molecule has 0 atom stereocenters. The van der Waals surface area contributed by atoms with E-state index in [-0.39, 0.29) is 0 Å². The van der Waals surface area contributed by atoms with Crippen LogP contribution in [-0.4, -0.2) is 26.2 Å². The highest BCUT2D eigenvalue weighted by atomic mass is 32.2. The van der Waals surface area contributed by atoms with Crippen molar-refractivity contribution in [1.82, 2.24) is 10.3 Å². The highest BCUT2D eigenvalue weighted by molar-refractivity contribution is 7.90. The van der Waals surface area contributed by atoms with Gasteiger partial charge in [0.15, 0.2) is 9.84 Å². The Hall–Kier alpha value is -1.24. The zero-order valence-electron chi connectivity index (χ0n) is 11.9. The second-order valence-electron chi connectivity index (χ2n) is 5.50. The van der Waals surface area contributed by atoms with Crippen LogP contribution in [0.2, 0.25) is 0 Å². The van der Waals surface area contributed by atoms with Crippen molar-refractivity contribution in [2.24, 2.45) is 5.92 Å². The summed E-state index contributed by atoms with van der Waals surface area (Å²) >= 11 is 1.63. The van der Waals surface area contributed by atoms with Gasteiger partial charge in [-0.25, -0.2) is 13.4 Å². The van der Waals surface area contributed by atoms with E-state index in [2.05, 4.69) is 10.3 Å². The van der Waals surface area contributed by atoms with Crippen LogP contribution in [0.5, 0.6) is 0 Å². The topological polar surface area (TPSA) is 59.1 Å². The van der Waals surface area contributed by atoms with Gasteiger partial charge in [-0.05, 0) is 37.4 Å². The van der Waals surface area contributed by atoms with Gasteiger partial charge in [-0.15, -0.1) is 11.3 Å². The van der Waals surface area contributed by atoms with E-state index in [1.165, 1.54) is 19.1 Å². The third-order valence-electron chi connectivity index (χ3n) is 3.54. The van der Waals surface area contributed by atoms with E-state index in [1.807, 2.05) is 17.5 Å². The Balaban J connectivity index is 1.67. The average molecular weight is 322 g/mol. The summed E-state index contributed by atoms with van der Waals surface area (Å²) in [5.41, 5.74) is 1.86. The molecule has 1 aromatic carbocycles. The number of nitrogens with one attached hydrogen (secondary N) is 1. The van der Waals surface area contributed by atoms with Gasteiger partial charge in [-0.1, -0.05) is 12.1 Å². The van der Waals surface area contributed by atoms with E-state index in [1.54, 1.807) is 23.5 Å². The van der Waals surface area contributed by atoms with E-state index in [0.717, 1.165) is 35.3 Å². The molecule has 6 heteroatoms. The fourth-order valence-electron chi connectivity index (χ4n) is 2.10. The molecule has 3 rings (SSSR count). The number of sulfone groups is 1. The minimum absolute atomic E-state index is 0.341. The maximum atomic E-state index is 11.4. The molecule has 0 aliphatic heterocycles. The first-order chi connectivity index (χ1) is 10.0. The smallest absolute Gasteiger partial charge is 0.175 e. The van der Waals surface area contributed by atoms with Crippen LogP contribution in [0.25, 0.3) is 11.3 Å². The Labute approximate surface area is 129 Å². The highest BCUT2D eigenvalue weighted by Gasteiger charge is 2.20. The summed E-state index contributed by atoms with van der Waals surface area (Å²) in [6.07, 6.45) is 3.92. The molecule has 21 heavy (non-hydrogen) atoms. The molecular formula is C15H18N2O2S2. The summed E-state index contributed by atoms with van der Waals surface area (Å²) in [7, 11) is -3.14. The van der Waals surface area contributed by atoms with Gasteiger partial charge in [0, 0.05) is 23.7 Å². The average Bonchev–Trinajstić information content (AvgIpc) is 3.14. The molecule has 1 aliphatic carbocycles. The Morgan fingerprint density at radius 2 is 2.00 bits per heavy atom. The summed E-state index contributed by atoms with van der Waals surface area (Å²) in [4.78, 5) is 4.94. The van der Waals surface area contributed by atoms with Crippen molar-refractivity contribution >= 4 is 21.2 Å². The molecule has 1 heterocycles. The van der Waals surface area contributed by atoms with Crippen molar-refractivity contribution in [1.29, 1.82) is 0 Å². The molecular weight excluding hydrogens is 304 g/mol. The van der Waals surface area contributed by atoms with Gasteiger partial charge in [0.2, 0.25) is 0 Å². The SMILES string of the molecule is CS(=O)(=O)c1ccc(-c2csc(CNCC3CC3)n2)cc1. The highest BCUT2D eigenvalue weighted by Crippen LogP contribution is 2.28. The molecule has 0 amide bonds. The zero-order valence-corrected chi connectivity index (χ0v) is 13.5. The van der Waals surface area contributed by atoms with Crippen LogP contribution in [0.3, 0.4) is 0 Å². The zero-order chi connectivity index (χ0) is 14.9. The van der Waals surface area contributed by atoms with Crippen LogP contribution in [0.15, 0.2) is 34.5 Å². The number of benzene rings is 1. The van der Waals surface area contributed by atoms with Gasteiger partial charge in [0.05, 0.1) is 10.6 Å². The first-order valence-corrected chi connectivity index (χ1v) is 9.75. The molecule has 0 bridgehead atoms. The lowest BCUT2D eigenvalue weighted by atomic mass is 10.2. The molecule has 1 N–H and O–H groups in total. The van der Waals surface area contributed by atoms with Crippen LogP contribution in [0.1, 0.15) is 17.8 Å². The summed E-state index contributed by atoms with van der Waals surface area (Å²) in [6.45, 7) is 1.89. The van der Waals surface area contributed by atoms with Crippen molar-refractivity contribution in [3.05, 3.63) is 34.7 Å². The number of aromatic nitrogens is 1. The Morgan fingerprint density at radius 1 is 1.29 bits per heavy atom. The van der Waals surface area contributed by atoms with E-state index in [0.29, 0.717) is 4.90 Å². The van der Waals surface area contributed by atoms with Crippen molar-refractivity contribution in [3.63, 3.8) is 0 Å². The normalized spacial score (nSPS) is 15.3. The Morgan fingerprint density at radius 3 is 2.62 bits per heavy atom. The van der Waals surface area contributed by atoms with Crippen molar-refractivity contribution < 1.29 is 8.42 Å². The molecule has 0 radical (unpaired) electrons. The third-order valence-corrected chi connectivity index (χ3v) is 5.51. The van der Waals surface area contributed by atoms with Crippen LogP contribution >= 0.6 is 11.3 Å². The van der Waals surface area contributed by atoms with Crippen LogP contribution in [0.4, 0.5) is 0 Å². The van der Waals surface area contributed by atoms with Crippen molar-refractivity contribution in [2.75, 3.05) is 12.8 Å². The first-order valence-electron chi connectivity index (χ1n) is 6.98. The number of thiazole rings is 1. The van der Waals surface area contributed by atoms with E-state index in [4.69, 9.17) is 0 Å². The summed E-state index contributed by atoms with van der Waals surface area (Å²) in [6, 6.07) is 6.89. The Kier molecular flexibility index (Phi) is 4.10. The predicted octanol–water partition coefficient (Wildman–Crippen LogP) is 2.71. The van der Waals surface area contributed by atoms with Gasteiger partial charge in [-0.3, -0.25) is 0 Å². The molecule has 0 spiro atoms. The fraction of sp³-hybridized carbons (Fsp3) is 0.400. The largest absolute Gasteiger partial charge is 0.310 e. The van der Waals surface area contributed by atoms with Gasteiger partial charge >= 0.3 is 0 Å². The maximum absolute atomic E-state index is 11.4. The van der Waals surface area contributed by atoms with Crippen molar-refractivity contribution in [2.45, 2.75) is 24.3 Å². The standard InChI is InChI=1S/C15H18N2O2S2/c1-21(18,19)13-6-4-12(5-7-13)14-10-20-15(17-14)9-16-8-11-2-3-11/h4-7,10-11,16H,2-3,8-9H2,1H3. The maximum Gasteiger partial charge on any atom is 0.175 e. The number of hydrogen-bond acceptors (Lipinski definition) is 5. The van der Waals surface area contributed by atoms with E-state index in [9.17, 15) is 8.42 Å². The van der Waals surface area contributed by atoms with E-state index < -0.39 is 9.84 Å². The lowest BCUT2D eigenvalue weighted by molar-refractivity contribution is 0.602. The quantitative estimate of drug-likeness (QED) is 0.888. The van der Waals surface area contributed by atoms with Gasteiger partial charge < -0.3 is 5.32 Å². The molecule has 1 aliphatic rings. The molecule has 1 aromatic heterocycles. The van der Waals surface area contributed by atoms with E-state index >= 15 is 0 Å². The van der Waals surface area contributed by atoms with Gasteiger partial charge in [0.1, 0.15) is 5.01 Å². The van der Waals surface area contributed by atoms with Crippen LogP contribution in [0, 0.1) is 5.92 Å². The number of rotatable bonds is 6. The van der Waals surface area contributed by atoms with Gasteiger partial charge in [0.25, 0.3) is 0 Å². The predicted molar refractivity (Wildman–Crippen MR) is 85.1 cm³/mol. The summed E-state index contributed by atoms with van der Waals surface area (Å²) in [5.74, 6) is 0.868. The second kappa shape index (κ2) is 5.87. The fourth-order valence-corrected chi connectivity index (χ4v) is 3.51. The second-order valence-corrected chi connectivity index (χ2v) is 8.46. The first kappa shape index (κ1) is 14.7. The lowest BCUT2D eigenvalue weighted by Gasteiger charge is -2.01. The summed E-state index contributed by atoms with van der Waals surface area (Å²) in [5, 5.41) is 6.51. The van der Waals surface area contributed by atoms with Crippen LogP contribution < -0.4 is 5.32 Å². The number of nitrogens with zero attached hydrogens (tertiary/aromatic N) is 1.